The SMILES string of the molecule is Br.Br.CSc1c(OC2CCN(C)CC2)nc(N(C)c2ccccc2)nc1OC1CCN(C)CC1. The first-order chi connectivity index (χ1) is 15.5. The van der Waals surface area contributed by atoms with Gasteiger partial charge in [0.15, 0.2) is 0 Å². The van der Waals surface area contributed by atoms with Crippen LogP contribution in [0.2, 0.25) is 0 Å². The standard InChI is InChI=1S/C24H35N5O2S.2BrH/c1-27-14-10-19(11-15-27)30-22-21(32-4)23(31-20-12-16-28(2)17-13-20)26-24(25-22)29(3)18-8-6-5-7-9-18;;/h5-9,19-20H,10-17H2,1-4H3;2*1H. The van der Waals surface area contributed by atoms with Crippen molar-refractivity contribution in [2.75, 3.05) is 58.5 Å². The molecule has 0 bridgehead atoms. The highest BCUT2D eigenvalue weighted by Crippen LogP contribution is 2.38. The van der Waals surface area contributed by atoms with Gasteiger partial charge in [-0.05, 0) is 58.2 Å². The van der Waals surface area contributed by atoms with Crippen LogP contribution in [0.4, 0.5) is 11.6 Å². The number of halogens is 2. The predicted molar refractivity (Wildman–Crippen MR) is 151 cm³/mol. The molecule has 2 saturated heterocycles. The molecule has 2 aromatic rings. The van der Waals surface area contributed by atoms with Crippen molar-refractivity contribution in [3.63, 3.8) is 0 Å². The van der Waals surface area contributed by atoms with E-state index in [9.17, 15) is 0 Å². The van der Waals surface area contributed by atoms with Gasteiger partial charge >= 0.3 is 0 Å². The van der Waals surface area contributed by atoms with Crippen molar-refractivity contribution in [3.05, 3.63) is 30.3 Å². The molecule has 1 aromatic carbocycles. The van der Waals surface area contributed by atoms with Gasteiger partial charge in [-0.25, -0.2) is 0 Å². The second-order valence-electron chi connectivity index (χ2n) is 8.80. The van der Waals surface area contributed by atoms with E-state index in [4.69, 9.17) is 19.4 Å². The summed E-state index contributed by atoms with van der Waals surface area (Å²) < 4.78 is 13.0. The monoisotopic (exact) mass is 617 g/mol. The number of benzene rings is 1. The third kappa shape index (κ3) is 7.46. The van der Waals surface area contributed by atoms with E-state index in [-0.39, 0.29) is 46.2 Å². The molecule has 0 radical (unpaired) electrons. The maximum atomic E-state index is 6.49. The molecule has 0 saturated carbocycles. The summed E-state index contributed by atoms with van der Waals surface area (Å²) in [6, 6.07) is 10.2. The van der Waals surface area contributed by atoms with Gasteiger partial charge in [0.2, 0.25) is 17.7 Å². The summed E-state index contributed by atoms with van der Waals surface area (Å²) in [7, 11) is 6.31. The largest absolute Gasteiger partial charge is 0.473 e. The lowest BCUT2D eigenvalue weighted by molar-refractivity contribution is 0.0962. The third-order valence-electron chi connectivity index (χ3n) is 6.33. The van der Waals surface area contributed by atoms with Crippen LogP contribution in [0.15, 0.2) is 35.2 Å². The molecule has 0 spiro atoms. The zero-order valence-corrected chi connectivity index (χ0v) is 24.7. The van der Waals surface area contributed by atoms with Crippen molar-refractivity contribution in [2.24, 2.45) is 0 Å². The molecule has 1 aromatic heterocycles. The number of nitrogens with zero attached hydrogens (tertiary/aromatic N) is 5. The maximum Gasteiger partial charge on any atom is 0.236 e. The smallest absolute Gasteiger partial charge is 0.236 e. The number of hydrogen-bond donors (Lipinski definition) is 0. The van der Waals surface area contributed by atoms with Crippen LogP contribution in [0, 0.1) is 0 Å². The highest BCUT2D eigenvalue weighted by molar-refractivity contribution is 8.93. The van der Waals surface area contributed by atoms with Crippen LogP contribution in [-0.2, 0) is 0 Å². The maximum absolute atomic E-state index is 6.49. The summed E-state index contributed by atoms with van der Waals surface area (Å²) in [5.74, 6) is 1.88. The summed E-state index contributed by atoms with van der Waals surface area (Å²) in [6.45, 7) is 4.17. The minimum atomic E-state index is 0. The first kappa shape index (κ1) is 29.2. The van der Waals surface area contributed by atoms with Crippen molar-refractivity contribution < 1.29 is 9.47 Å². The minimum absolute atomic E-state index is 0. The zero-order chi connectivity index (χ0) is 22.5. The van der Waals surface area contributed by atoms with Crippen molar-refractivity contribution in [1.82, 2.24) is 19.8 Å². The summed E-state index contributed by atoms with van der Waals surface area (Å²) >= 11 is 1.60. The fourth-order valence-electron chi connectivity index (χ4n) is 4.17. The topological polar surface area (TPSA) is 54.0 Å². The average Bonchev–Trinajstić information content (AvgIpc) is 2.82. The highest BCUT2D eigenvalue weighted by atomic mass is 79.9. The second-order valence-corrected chi connectivity index (χ2v) is 9.62. The van der Waals surface area contributed by atoms with Gasteiger partial charge in [0.05, 0.1) is 0 Å². The Balaban J connectivity index is 0.00000204. The van der Waals surface area contributed by atoms with E-state index >= 15 is 0 Å². The lowest BCUT2D eigenvalue weighted by Gasteiger charge is -2.31. The molecule has 0 atom stereocenters. The van der Waals surface area contributed by atoms with Crippen LogP contribution >= 0.6 is 45.7 Å². The zero-order valence-electron chi connectivity index (χ0n) is 20.5. The Labute approximate surface area is 229 Å². The van der Waals surface area contributed by atoms with Gasteiger partial charge in [0, 0.05) is 38.9 Å². The molecule has 10 heteroatoms. The summed E-state index contributed by atoms with van der Waals surface area (Å²) in [4.78, 5) is 17.3. The molecule has 7 nitrogen and oxygen atoms in total. The van der Waals surface area contributed by atoms with Gasteiger partial charge in [-0.15, -0.1) is 45.7 Å². The number of aromatic nitrogens is 2. The van der Waals surface area contributed by atoms with Crippen molar-refractivity contribution >= 4 is 57.4 Å². The second kappa shape index (κ2) is 13.9. The molecule has 0 unspecified atom stereocenters. The van der Waals surface area contributed by atoms with Gasteiger partial charge in [0.1, 0.15) is 17.1 Å². The van der Waals surface area contributed by atoms with Gasteiger partial charge in [0.25, 0.3) is 0 Å². The van der Waals surface area contributed by atoms with Gasteiger partial charge in [-0.3, -0.25) is 0 Å². The number of anilines is 2. The first-order valence-electron chi connectivity index (χ1n) is 11.5. The van der Waals surface area contributed by atoms with Crippen LogP contribution in [0.25, 0.3) is 0 Å². The number of thioether (sulfide) groups is 1. The molecule has 2 fully saturated rings. The van der Waals surface area contributed by atoms with Gasteiger partial charge < -0.3 is 24.2 Å². The third-order valence-corrected chi connectivity index (χ3v) is 7.08. The van der Waals surface area contributed by atoms with Crippen molar-refractivity contribution in [2.45, 2.75) is 42.8 Å². The van der Waals surface area contributed by atoms with Crippen LogP contribution in [0.5, 0.6) is 11.8 Å². The van der Waals surface area contributed by atoms with E-state index in [1.807, 2.05) is 36.4 Å². The summed E-state index contributed by atoms with van der Waals surface area (Å²) in [5.41, 5.74) is 1.03. The Morgan fingerprint density at radius 3 is 1.68 bits per heavy atom. The fraction of sp³-hybridized carbons (Fsp3) is 0.583. The van der Waals surface area contributed by atoms with Gasteiger partial charge in [-0.1, -0.05) is 18.2 Å². The van der Waals surface area contributed by atoms with E-state index in [0.717, 1.165) is 62.4 Å². The summed E-state index contributed by atoms with van der Waals surface area (Å²) in [6.07, 6.45) is 6.39. The molecule has 0 amide bonds. The Hall–Kier alpha value is -1.07. The number of hydrogen-bond acceptors (Lipinski definition) is 8. The normalized spacial score (nSPS) is 18.0. The van der Waals surface area contributed by atoms with Crippen molar-refractivity contribution in [3.8, 4) is 11.8 Å². The quantitative estimate of drug-likeness (QED) is 0.399. The predicted octanol–water partition coefficient (Wildman–Crippen LogP) is 5.07. The molecule has 0 N–H and O–H groups in total. The Kier molecular flexibility index (Phi) is 11.9. The van der Waals surface area contributed by atoms with Crippen LogP contribution < -0.4 is 14.4 Å². The first-order valence-corrected chi connectivity index (χ1v) is 12.7. The molecule has 4 rings (SSSR count). The highest BCUT2D eigenvalue weighted by Gasteiger charge is 2.26. The van der Waals surface area contributed by atoms with Crippen LogP contribution in [0.1, 0.15) is 25.7 Å². The molecule has 34 heavy (non-hydrogen) atoms. The van der Waals surface area contributed by atoms with E-state index in [1.165, 1.54) is 0 Å². The average molecular weight is 619 g/mol. The molecular weight excluding hydrogens is 582 g/mol. The van der Waals surface area contributed by atoms with E-state index in [1.54, 1.807) is 11.8 Å². The molecule has 3 heterocycles. The lowest BCUT2D eigenvalue weighted by Crippen LogP contribution is -2.36. The molecule has 2 aliphatic heterocycles. The van der Waals surface area contributed by atoms with Gasteiger partial charge in [-0.2, -0.15) is 9.97 Å². The molecular formula is C24H37Br2N5O2S. The number of rotatable bonds is 7. The van der Waals surface area contributed by atoms with Crippen molar-refractivity contribution in [1.29, 1.82) is 0 Å². The number of para-hydroxylation sites is 1. The van der Waals surface area contributed by atoms with E-state index in [0.29, 0.717) is 17.7 Å². The number of piperidine rings is 2. The fourth-order valence-corrected chi connectivity index (χ4v) is 4.71. The van der Waals surface area contributed by atoms with Crippen LogP contribution in [0.3, 0.4) is 0 Å². The number of ether oxygens (including phenoxy) is 2. The Morgan fingerprint density at radius 1 is 0.824 bits per heavy atom. The Bertz CT molecular complexity index is 834. The van der Waals surface area contributed by atoms with Crippen LogP contribution in [-0.4, -0.2) is 85.6 Å². The summed E-state index contributed by atoms with van der Waals surface area (Å²) in [5, 5.41) is 0. The molecule has 0 aliphatic carbocycles. The number of likely N-dealkylation sites (tertiary alicyclic amines) is 2. The molecule has 190 valence electrons. The van der Waals surface area contributed by atoms with E-state index in [2.05, 4.69) is 36.0 Å². The molecule has 2 aliphatic rings. The Morgan fingerprint density at radius 2 is 1.26 bits per heavy atom. The lowest BCUT2D eigenvalue weighted by atomic mass is 10.1. The van der Waals surface area contributed by atoms with E-state index < -0.39 is 0 Å². The minimum Gasteiger partial charge on any atom is -0.473 e.